The minimum absolute atomic E-state index is 0.0965. The number of benzene rings is 1. The molecule has 1 spiro atoms. The molecule has 10 nitrogen and oxygen atoms in total. The number of anilines is 3. The van der Waals surface area contributed by atoms with Gasteiger partial charge in [-0.25, -0.2) is 9.97 Å². The number of nitrogens with one attached hydrogen (secondary N) is 2. The van der Waals surface area contributed by atoms with E-state index in [1.165, 1.54) is 5.56 Å². The number of pyridine rings is 1. The summed E-state index contributed by atoms with van der Waals surface area (Å²) in [6, 6.07) is 12.2. The standard InChI is InChI=1S/C29H35N7O3/c30-26(37)25-28(32-22-3-1-20(2-4-22)19-36-11-15-39-16-12-36)35-27(24(34-25)21-5-9-31-10-6-21)33-23-17-29(18-23)7-13-38-14-8-29/h1-6,9-10,23H,7-8,11-19H2,(H2,30,37)(H2,32,33,35). The molecule has 39 heavy (non-hydrogen) atoms. The molecule has 1 saturated carbocycles. The van der Waals surface area contributed by atoms with E-state index in [2.05, 4.69) is 32.7 Å². The Hall–Kier alpha value is -3.60. The van der Waals surface area contributed by atoms with Gasteiger partial charge in [0.2, 0.25) is 0 Å². The lowest BCUT2D eigenvalue weighted by atomic mass is 9.61. The molecule has 0 atom stereocenters. The van der Waals surface area contributed by atoms with Gasteiger partial charge in [0, 0.05) is 62.5 Å². The van der Waals surface area contributed by atoms with E-state index >= 15 is 0 Å². The highest BCUT2D eigenvalue weighted by Gasteiger charge is 2.45. The van der Waals surface area contributed by atoms with Crippen LogP contribution >= 0.6 is 0 Å². The Labute approximate surface area is 228 Å². The van der Waals surface area contributed by atoms with Crippen molar-refractivity contribution >= 4 is 23.2 Å². The molecule has 3 aromatic rings. The van der Waals surface area contributed by atoms with Gasteiger partial charge in [-0.1, -0.05) is 12.1 Å². The van der Waals surface area contributed by atoms with Crippen LogP contribution in [-0.2, 0) is 16.0 Å². The monoisotopic (exact) mass is 529 g/mol. The van der Waals surface area contributed by atoms with Gasteiger partial charge in [0.15, 0.2) is 17.3 Å². The van der Waals surface area contributed by atoms with Crippen molar-refractivity contribution < 1.29 is 14.3 Å². The van der Waals surface area contributed by atoms with Crippen LogP contribution in [0.25, 0.3) is 11.3 Å². The lowest BCUT2D eigenvalue weighted by molar-refractivity contribution is -0.0342. The highest BCUT2D eigenvalue weighted by Crippen LogP contribution is 2.50. The first-order chi connectivity index (χ1) is 19.1. The summed E-state index contributed by atoms with van der Waals surface area (Å²) < 4.78 is 11.0. The van der Waals surface area contributed by atoms with E-state index in [0.29, 0.717) is 22.7 Å². The average Bonchev–Trinajstić information content (AvgIpc) is 2.95. The highest BCUT2D eigenvalue weighted by molar-refractivity contribution is 5.97. The number of hydrogen-bond donors (Lipinski definition) is 3. The quantitative estimate of drug-likeness (QED) is 0.401. The maximum absolute atomic E-state index is 12.5. The van der Waals surface area contributed by atoms with Crippen LogP contribution in [0.5, 0.6) is 0 Å². The Morgan fingerprint density at radius 3 is 2.33 bits per heavy atom. The van der Waals surface area contributed by atoms with E-state index in [1.54, 1.807) is 12.4 Å². The van der Waals surface area contributed by atoms with Crippen LogP contribution in [0, 0.1) is 5.41 Å². The second kappa shape index (κ2) is 11.3. The fraction of sp³-hybridized carbons (Fsp3) is 0.448. The summed E-state index contributed by atoms with van der Waals surface area (Å²) in [6.45, 7) is 5.97. The number of hydrogen-bond acceptors (Lipinski definition) is 9. The van der Waals surface area contributed by atoms with E-state index in [0.717, 1.165) is 83.0 Å². The molecule has 2 aromatic heterocycles. The molecule has 1 amide bonds. The lowest BCUT2D eigenvalue weighted by Crippen LogP contribution is -2.48. The van der Waals surface area contributed by atoms with Crippen LogP contribution in [0.3, 0.4) is 0 Å². The minimum Gasteiger partial charge on any atom is -0.381 e. The number of primary amides is 1. The molecule has 3 fully saturated rings. The maximum Gasteiger partial charge on any atom is 0.271 e. The summed E-state index contributed by atoms with van der Waals surface area (Å²) in [6.07, 6.45) is 7.75. The van der Waals surface area contributed by atoms with Gasteiger partial charge in [0.1, 0.15) is 5.69 Å². The number of nitrogens with two attached hydrogens (primary N) is 1. The van der Waals surface area contributed by atoms with Crippen molar-refractivity contribution in [3.8, 4) is 11.3 Å². The summed E-state index contributed by atoms with van der Waals surface area (Å²) in [7, 11) is 0. The zero-order valence-corrected chi connectivity index (χ0v) is 22.1. The second-order valence-corrected chi connectivity index (χ2v) is 10.8. The number of ether oxygens (including phenoxy) is 2. The molecular formula is C29H35N7O3. The fourth-order valence-electron chi connectivity index (χ4n) is 5.85. The Balaban J connectivity index is 1.25. The van der Waals surface area contributed by atoms with Crippen LogP contribution in [0.4, 0.5) is 17.3 Å². The van der Waals surface area contributed by atoms with Crippen LogP contribution < -0.4 is 16.4 Å². The SMILES string of the molecule is NC(=O)c1nc(-c2ccncc2)c(NC2CC3(CCOCC3)C2)nc1Nc1ccc(CN2CCOCC2)cc1. The van der Waals surface area contributed by atoms with E-state index in [-0.39, 0.29) is 11.7 Å². The zero-order chi connectivity index (χ0) is 26.7. The normalized spacial score (nSPS) is 19.4. The summed E-state index contributed by atoms with van der Waals surface area (Å²) in [5.41, 5.74) is 9.67. The van der Waals surface area contributed by atoms with Crippen LogP contribution in [0.2, 0.25) is 0 Å². The molecular weight excluding hydrogens is 494 g/mol. The molecule has 204 valence electrons. The Morgan fingerprint density at radius 1 is 0.949 bits per heavy atom. The van der Waals surface area contributed by atoms with Gasteiger partial charge in [-0.15, -0.1) is 0 Å². The number of carbonyl (C=O) groups excluding carboxylic acids is 1. The van der Waals surface area contributed by atoms with E-state index < -0.39 is 5.91 Å². The lowest BCUT2D eigenvalue weighted by Gasteiger charge is -2.50. The summed E-state index contributed by atoms with van der Waals surface area (Å²) in [4.78, 5) is 28.6. The topological polar surface area (TPSA) is 128 Å². The highest BCUT2D eigenvalue weighted by atomic mass is 16.5. The molecule has 1 aromatic carbocycles. The maximum atomic E-state index is 12.5. The third-order valence-electron chi connectivity index (χ3n) is 8.06. The molecule has 4 heterocycles. The first kappa shape index (κ1) is 25.7. The third kappa shape index (κ3) is 5.88. The molecule has 6 rings (SSSR count). The zero-order valence-electron chi connectivity index (χ0n) is 22.1. The minimum atomic E-state index is -0.638. The summed E-state index contributed by atoms with van der Waals surface area (Å²) in [5.74, 6) is 0.328. The average molecular weight is 530 g/mol. The number of aromatic nitrogens is 3. The smallest absolute Gasteiger partial charge is 0.271 e. The predicted molar refractivity (Wildman–Crippen MR) is 149 cm³/mol. The Morgan fingerprint density at radius 2 is 1.64 bits per heavy atom. The first-order valence-corrected chi connectivity index (χ1v) is 13.7. The molecule has 4 N–H and O–H groups in total. The molecule has 10 heteroatoms. The van der Waals surface area contributed by atoms with Gasteiger partial charge in [0.05, 0.1) is 13.2 Å². The fourth-order valence-corrected chi connectivity index (χ4v) is 5.85. The molecule has 1 aliphatic carbocycles. The van der Waals surface area contributed by atoms with Crippen molar-refractivity contribution in [3.05, 3.63) is 60.0 Å². The van der Waals surface area contributed by atoms with E-state index in [9.17, 15) is 4.79 Å². The van der Waals surface area contributed by atoms with Gasteiger partial charge in [-0.3, -0.25) is 14.7 Å². The molecule has 3 aliphatic rings. The van der Waals surface area contributed by atoms with Crippen molar-refractivity contribution in [1.82, 2.24) is 19.9 Å². The van der Waals surface area contributed by atoms with Crippen LogP contribution in [0.1, 0.15) is 41.7 Å². The Bertz CT molecular complexity index is 1280. The van der Waals surface area contributed by atoms with Crippen molar-refractivity contribution in [2.45, 2.75) is 38.3 Å². The predicted octanol–water partition coefficient (Wildman–Crippen LogP) is 3.58. The van der Waals surface area contributed by atoms with E-state index in [1.807, 2.05) is 24.3 Å². The molecule has 0 unspecified atom stereocenters. The van der Waals surface area contributed by atoms with Gasteiger partial charge < -0.3 is 25.8 Å². The van der Waals surface area contributed by atoms with Crippen molar-refractivity contribution in [2.75, 3.05) is 50.2 Å². The van der Waals surface area contributed by atoms with Gasteiger partial charge >= 0.3 is 0 Å². The molecule has 2 saturated heterocycles. The number of amides is 1. The first-order valence-electron chi connectivity index (χ1n) is 13.7. The number of morpholine rings is 1. The summed E-state index contributed by atoms with van der Waals surface area (Å²) in [5, 5.41) is 6.91. The Kier molecular flexibility index (Phi) is 7.40. The molecule has 0 bridgehead atoms. The third-order valence-corrected chi connectivity index (χ3v) is 8.06. The van der Waals surface area contributed by atoms with Crippen LogP contribution in [0.15, 0.2) is 48.8 Å². The van der Waals surface area contributed by atoms with Crippen LogP contribution in [-0.4, -0.2) is 71.3 Å². The van der Waals surface area contributed by atoms with Gasteiger partial charge in [0.25, 0.3) is 5.91 Å². The number of nitrogens with zero attached hydrogens (tertiary/aromatic N) is 4. The second-order valence-electron chi connectivity index (χ2n) is 10.8. The molecule has 0 radical (unpaired) electrons. The van der Waals surface area contributed by atoms with Crippen molar-refractivity contribution in [1.29, 1.82) is 0 Å². The van der Waals surface area contributed by atoms with E-state index in [4.69, 9.17) is 25.2 Å². The van der Waals surface area contributed by atoms with Crippen molar-refractivity contribution in [2.24, 2.45) is 11.1 Å². The van der Waals surface area contributed by atoms with Crippen molar-refractivity contribution in [3.63, 3.8) is 0 Å². The number of rotatable bonds is 8. The largest absolute Gasteiger partial charge is 0.381 e. The summed E-state index contributed by atoms with van der Waals surface area (Å²) >= 11 is 0. The van der Waals surface area contributed by atoms with Gasteiger partial charge in [-0.05, 0) is 60.9 Å². The number of carbonyl (C=O) groups is 1. The van der Waals surface area contributed by atoms with Gasteiger partial charge in [-0.2, -0.15) is 0 Å². The molecule has 2 aliphatic heterocycles.